The van der Waals surface area contributed by atoms with E-state index in [0.29, 0.717) is 11.8 Å². The Morgan fingerprint density at radius 2 is 2.19 bits per heavy atom. The molecule has 1 amide bonds. The summed E-state index contributed by atoms with van der Waals surface area (Å²) < 4.78 is 1.14. The van der Waals surface area contributed by atoms with Crippen LogP contribution >= 0.6 is 11.3 Å². The van der Waals surface area contributed by atoms with Crippen molar-refractivity contribution in [2.75, 3.05) is 13.1 Å². The van der Waals surface area contributed by atoms with Crippen LogP contribution in [0.2, 0.25) is 0 Å². The Balaban J connectivity index is 1.62. The highest BCUT2D eigenvalue weighted by atomic mass is 32.1. The average Bonchev–Trinajstić information content (AvgIpc) is 2.84. The fourth-order valence-electron chi connectivity index (χ4n) is 2.92. The lowest BCUT2D eigenvalue weighted by molar-refractivity contribution is -0.119. The van der Waals surface area contributed by atoms with Gasteiger partial charge in [0.1, 0.15) is 5.75 Å². The molecule has 1 aromatic carbocycles. The SMILES string of the molecule is CC(=O)NC1CCN(Cc2cc3c(O)cccc3s2)CC1. The molecule has 1 saturated heterocycles. The molecule has 0 unspecified atom stereocenters. The quantitative estimate of drug-likeness (QED) is 0.916. The van der Waals surface area contributed by atoms with Crippen LogP contribution in [0, 0.1) is 0 Å². The van der Waals surface area contributed by atoms with Crippen LogP contribution in [0.1, 0.15) is 24.6 Å². The maximum atomic E-state index is 11.1. The topological polar surface area (TPSA) is 52.6 Å². The van der Waals surface area contributed by atoms with Gasteiger partial charge in [-0.3, -0.25) is 9.69 Å². The molecule has 1 fully saturated rings. The van der Waals surface area contributed by atoms with E-state index in [0.717, 1.165) is 42.6 Å². The number of amides is 1. The highest BCUT2D eigenvalue weighted by Crippen LogP contribution is 2.32. The smallest absolute Gasteiger partial charge is 0.217 e. The zero-order valence-corrected chi connectivity index (χ0v) is 12.9. The molecule has 112 valence electrons. The Morgan fingerprint density at radius 1 is 1.43 bits per heavy atom. The average molecular weight is 304 g/mol. The molecule has 0 bridgehead atoms. The fraction of sp³-hybridized carbons (Fsp3) is 0.438. The van der Waals surface area contributed by atoms with Crippen LogP contribution in [0.5, 0.6) is 5.75 Å². The third-order valence-electron chi connectivity index (χ3n) is 3.96. The summed E-state index contributed by atoms with van der Waals surface area (Å²) in [5.74, 6) is 0.424. The lowest BCUT2D eigenvalue weighted by Gasteiger charge is -2.31. The Labute approximate surface area is 128 Å². The second kappa shape index (κ2) is 6.03. The molecule has 5 heteroatoms. The van der Waals surface area contributed by atoms with E-state index in [1.807, 2.05) is 12.1 Å². The van der Waals surface area contributed by atoms with Gasteiger partial charge in [0.2, 0.25) is 5.91 Å². The maximum absolute atomic E-state index is 11.1. The number of hydrogen-bond acceptors (Lipinski definition) is 4. The summed E-state index contributed by atoms with van der Waals surface area (Å²) in [5.41, 5.74) is 0. The summed E-state index contributed by atoms with van der Waals surface area (Å²) in [5, 5.41) is 13.8. The molecule has 2 N–H and O–H groups in total. The van der Waals surface area contributed by atoms with Gasteiger partial charge in [0, 0.05) is 47.6 Å². The van der Waals surface area contributed by atoms with E-state index >= 15 is 0 Å². The van der Waals surface area contributed by atoms with Crippen molar-refractivity contribution < 1.29 is 9.90 Å². The third kappa shape index (κ3) is 3.36. The molecule has 0 aliphatic carbocycles. The largest absolute Gasteiger partial charge is 0.507 e. The molecule has 3 rings (SSSR count). The predicted molar refractivity (Wildman–Crippen MR) is 85.6 cm³/mol. The minimum absolute atomic E-state index is 0.0634. The molecule has 1 aromatic heterocycles. The molecule has 2 aromatic rings. The molecule has 1 aliphatic rings. The molecule has 0 radical (unpaired) electrons. The van der Waals surface area contributed by atoms with Gasteiger partial charge in [0.25, 0.3) is 0 Å². The highest BCUT2D eigenvalue weighted by Gasteiger charge is 2.20. The summed E-state index contributed by atoms with van der Waals surface area (Å²) in [6, 6.07) is 8.08. The normalized spacial score (nSPS) is 17.2. The van der Waals surface area contributed by atoms with E-state index in [1.54, 1.807) is 24.3 Å². The minimum atomic E-state index is 0.0634. The number of nitrogens with zero attached hydrogens (tertiary/aromatic N) is 1. The first-order valence-corrected chi connectivity index (χ1v) is 8.13. The second-order valence-corrected chi connectivity index (χ2v) is 6.82. The minimum Gasteiger partial charge on any atom is -0.507 e. The van der Waals surface area contributed by atoms with Crippen LogP contribution in [-0.4, -0.2) is 35.0 Å². The first kappa shape index (κ1) is 14.4. The first-order chi connectivity index (χ1) is 10.1. The van der Waals surface area contributed by atoms with E-state index in [4.69, 9.17) is 0 Å². The van der Waals surface area contributed by atoms with Gasteiger partial charge in [-0.1, -0.05) is 6.07 Å². The molecule has 4 nitrogen and oxygen atoms in total. The van der Waals surface area contributed by atoms with Crippen molar-refractivity contribution in [3.05, 3.63) is 29.1 Å². The summed E-state index contributed by atoms with van der Waals surface area (Å²) in [7, 11) is 0. The van der Waals surface area contributed by atoms with Crippen LogP contribution in [0.15, 0.2) is 24.3 Å². The van der Waals surface area contributed by atoms with Crippen molar-refractivity contribution in [1.29, 1.82) is 0 Å². The summed E-state index contributed by atoms with van der Waals surface area (Å²) >= 11 is 1.75. The van der Waals surface area contributed by atoms with Gasteiger partial charge in [-0.15, -0.1) is 11.3 Å². The number of nitrogens with one attached hydrogen (secondary N) is 1. The van der Waals surface area contributed by atoms with E-state index in [9.17, 15) is 9.90 Å². The second-order valence-electron chi connectivity index (χ2n) is 5.65. The van der Waals surface area contributed by atoms with Crippen LogP contribution in [0.25, 0.3) is 10.1 Å². The lowest BCUT2D eigenvalue weighted by Crippen LogP contribution is -2.43. The number of phenols is 1. The van der Waals surface area contributed by atoms with Gasteiger partial charge in [-0.2, -0.15) is 0 Å². The highest BCUT2D eigenvalue weighted by molar-refractivity contribution is 7.19. The number of carbonyl (C=O) groups is 1. The van der Waals surface area contributed by atoms with Crippen molar-refractivity contribution in [2.24, 2.45) is 0 Å². The Hall–Kier alpha value is -1.59. The summed E-state index contributed by atoms with van der Waals surface area (Å²) in [6.07, 6.45) is 2.02. The van der Waals surface area contributed by atoms with Gasteiger partial charge in [0.15, 0.2) is 0 Å². The van der Waals surface area contributed by atoms with Crippen molar-refractivity contribution in [1.82, 2.24) is 10.2 Å². The number of likely N-dealkylation sites (tertiary alicyclic amines) is 1. The molecule has 2 heterocycles. The zero-order chi connectivity index (χ0) is 14.8. The fourth-order valence-corrected chi connectivity index (χ4v) is 4.05. The van der Waals surface area contributed by atoms with Crippen molar-refractivity contribution in [3.8, 4) is 5.75 Å². The number of piperidine rings is 1. The lowest BCUT2D eigenvalue weighted by atomic mass is 10.0. The first-order valence-electron chi connectivity index (χ1n) is 7.31. The van der Waals surface area contributed by atoms with Gasteiger partial charge >= 0.3 is 0 Å². The van der Waals surface area contributed by atoms with Gasteiger partial charge in [-0.25, -0.2) is 0 Å². The van der Waals surface area contributed by atoms with Gasteiger partial charge in [0.05, 0.1) is 0 Å². The summed E-state index contributed by atoms with van der Waals surface area (Å²) in [6.45, 7) is 4.51. The van der Waals surface area contributed by atoms with E-state index in [2.05, 4.69) is 16.3 Å². The standard InChI is InChI=1S/C16H20N2O2S/c1-11(19)17-12-5-7-18(8-6-12)10-13-9-14-15(20)3-2-4-16(14)21-13/h2-4,9,12,20H,5-8,10H2,1H3,(H,17,19). The summed E-state index contributed by atoms with van der Waals surface area (Å²) in [4.78, 5) is 14.8. The third-order valence-corrected chi connectivity index (χ3v) is 5.05. The number of aromatic hydroxyl groups is 1. The Morgan fingerprint density at radius 3 is 2.86 bits per heavy atom. The number of benzene rings is 1. The van der Waals surface area contributed by atoms with Crippen LogP contribution in [0.4, 0.5) is 0 Å². The number of rotatable bonds is 3. The van der Waals surface area contributed by atoms with Crippen LogP contribution in [-0.2, 0) is 11.3 Å². The molecule has 0 spiro atoms. The predicted octanol–water partition coefficient (Wildman–Crippen LogP) is 2.71. The molecule has 0 atom stereocenters. The number of fused-ring (bicyclic) bond motifs is 1. The maximum Gasteiger partial charge on any atom is 0.217 e. The monoisotopic (exact) mass is 304 g/mol. The van der Waals surface area contributed by atoms with E-state index < -0.39 is 0 Å². The van der Waals surface area contributed by atoms with Crippen molar-refractivity contribution in [2.45, 2.75) is 32.4 Å². The van der Waals surface area contributed by atoms with Gasteiger partial charge < -0.3 is 10.4 Å². The molecular weight excluding hydrogens is 284 g/mol. The zero-order valence-electron chi connectivity index (χ0n) is 12.1. The molecule has 1 aliphatic heterocycles. The van der Waals surface area contributed by atoms with E-state index in [-0.39, 0.29) is 5.91 Å². The van der Waals surface area contributed by atoms with Crippen molar-refractivity contribution in [3.63, 3.8) is 0 Å². The molecule has 0 saturated carbocycles. The van der Waals surface area contributed by atoms with Gasteiger partial charge in [-0.05, 0) is 31.0 Å². The molecule has 21 heavy (non-hydrogen) atoms. The Bertz CT molecular complexity index is 645. The van der Waals surface area contributed by atoms with E-state index in [1.165, 1.54) is 4.88 Å². The number of carbonyl (C=O) groups excluding carboxylic acids is 1. The Kier molecular flexibility index (Phi) is 4.12. The number of hydrogen-bond donors (Lipinski definition) is 2. The van der Waals surface area contributed by atoms with Crippen LogP contribution < -0.4 is 5.32 Å². The number of thiophene rings is 1. The van der Waals surface area contributed by atoms with Crippen molar-refractivity contribution >= 4 is 27.3 Å². The van der Waals surface area contributed by atoms with Crippen LogP contribution in [0.3, 0.4) is 0 Å². The molecular formula is C16H20N2O2S. The number of phenolic OH excluding ortho intramolecular Hbond substituents is 1.